The van der Waals surface area contributed by atoms with E-state index in [-0.39, 0.29) is 23.0 Å². The van der Waals surface area contributed by atoms with Crippen LogP contribution in [0.4, 0.5) is 4.39 Å². The van der Waals surface area contributed by atoms with Crippen molar-refractivity contribution in [3.05, 3.63) is 34.6 Å². The Balaban J connectivity index is 2.61. The van der Waals surface area contributed by atoms with Crippen LogP contribution in [0.2, 0.25) is 5.02 Å². The summed E-state index contributed by atoms with van der Waals surface area (Å²) in [6, 6.07) is 5.07. The molecule has 102 valence electrons. The summed E-state index contributed by atoms with van der Waals surface area (Å²) >= 11 is 5.78. The van der Waals surface area contributed by atoms with E-state index < -0.39 is 0 Å². The number of halogens is 2. The van der Waals surface area contributed by atoms with Crippen LogP contribution in [0.25, 0.3) is 0 Å². The van der Waals surface area contributed by atoms with Gasteiger partial charge in [0.05, 0.1) is 17.7 Å². The van der Waals surface area contributed by atoms with Gasteiger partial charge in [-0.3, -0.25) is 0 Å². The maximum Gasteiger partial charge on any atom is 0.141 e. The zero-order valence-electron chi connectivity index (χ0n) is 11.2. The molecular weight excluding hydrogens is 253 g/mol. The molecule has 1 rings (SSSR count). The van der Waals surface area contributed by atoms with Crippen molar-refractivity contribution in [1.29, 1.82) is 0 Å². The van der Waals surface area contributed by atoms with Crippen molar-refractivity contribution in [3.63, 3.8) is 0 Å². The molecule has 1 atom stereocenters. The summed E-state index contributed by atoms with van der Waals surface area (Å²) in [6.45, 7) is 7.59. The normalized spacial score (nSPS) is 13.0. The second kappa shape index (κ2) is 7.72. The van der Waals surface area contributed by atoms with E-state index in [1.807, 2.05) is 13.8 Å². The predicted octanol–water partition coefficient (Wildman–Crippen LogP) is 3.42. The largest absolute Gasteiger partial charge is 0.377 e. The fourth-order valence-corrected chi connectivity index (χ4v) is 1.94. The molecule has 1 aromatic carbocycles. The average Bonchev–Trinajstić information content (AvgIpc) is 2.31. The van der Waals surface area contributed by atoms with Gasteiger partial charge in [-0.05, 0) is 44.5 Å². The summed E-state index contributed by atoms with van der Waals surface area (Å²) in [5.41, 5.74) is 1.01. The molecule has 0 aliphatic heterocycles. The fourth-order valence-electron chi connectivity index (χ4n) is 1.74. The minimum absolute atomic E-state index is 0.174. The number of rotatable bonds is 7. The smallest absolute Gasteiger partial charge is 0.141 e. The van der Waals surface area contributed by atoms with Crippen molar-refractivity contribution in [2.24, 2.45) is 0 Å². The number of hydrogen-bond donors (Lipinski definition) is 1. The summed E-state index contributed by atoms with van der Waals surface area (Å²) in [7, 11) is 0. The van der Waals surface area contributed by atoms with Crippen molar-refractivity contribution >= 4 is 11.6 Å². The molecule has 1 unspecified atom stereocenters. The summed E-state index contributed by atoms with van der Waals surface area (Å²) in [5.74, 6) is -0.376. The molecule has 0 radical (unpaired) electrons. The van der Waals surface area contributed by atoms with Crippen LogP contribution in [0.15, 0.2) is 18.2 Å². The number of likely N-dealkylation sites (N-methyl/N-ethyl adjacent to an activating group) is 1. The van der Waals surface area contributed by atoms with Gasteiger partial charge < -0.3 is 10.1 Å². The van der Waals surface area contributed by atoms with Crippen LogP contribution in [0.1, 0.15) is 26.3 Å². The Morgan fingerprint density at radius 1 is 1.39 bits per heavy atom. The first-order valence-corrected chi connectivity index (χ1v) is 6.69. The monoisotopic (exact) mass is 273 g/mol. The lowest BCUT2D eigenvalue weighted by atomic mass is 10.1. The third-order valence-electron chi connectivity index (χ3n) is 2.59. The topological polar surface area (TPSA) is 21.3 Å². The first-order chi connectivity index (χ1) is 8.52. The van der Waals surface area contributed by atoms with Crippen LogP contribution in [0, 0.1) is 5.82 Å². The van der Waals surface area contributed by atoms with Gasteiger partial charge in [-0.25, -0.2) is 4.39 Å². The Morgan fingerprint density at radius 2 is 2.11 bits per heavy atom. The minimum Gasteiger partial charge on any atom is -0.377 e. The molecule has 18 heavy (non-hydrogen) atoms. The van der Waals surface area contributed by atoms with Crippen LogP contribution in [-0.4, -0.2) is 25.3 Å². The van der Waals surface area contributed by atoms with Gasteiger partial charge in [0.2, 0.25) is 0 Å². The van der Waals surface area contributed by atoms with Gasteiger partial charge in [0.25, 0.3) is 0 Å². The van der Waals surface area contributed by atoms with Gasteiger partial charge in [0, 0.05) is 6.04 Å². The molecule has 1 aromatic rings. The Labute approximate surface area is 113 Å². The Morgan fingerprint density at radius 3 is 2.67 bits per heavy atom. The highest BCUT2D eigenvalue weighted by molar-refractivity contribution is 6.30. The SMILES string of the molecule is CCNC(COC(C)C)Cc1ccc(F)c(Cl)c1. The molecule has 2 nitrogen and oxygen atoms in total. The van der Waals surface area contributed by atoms with Gasteiger partial charge >= 0.3 is 0 Å². The lowest BCUT2D eigenvalue weighted by molar-refractivity contribution is 0.0616. The van der Waals surface area contributed by atoms with Crippen LogP contribution in [0.3, 0.4) is 0 Å². The number of hydrogen-bond acceptors (Lipinski definition) is 2. The fraction of sp³-hybridized carbons (Fsp3) is 0.571. The molecule has 1 N–H and O–H groups in total. The van der Waals surface area contributed by atoms with E-state index in [0.717, 1.165) is 18.5 Å². The Bertz CT molecular complexity index is 371. The van der Waals surface area contributed by atoms with E-state index in [4.69, 9.17) is 16.3 Å². The first kappa shape index (κ1) is 15.4. The second-order valence-electron chi connectivity index (χ2n) is 4.59. The molecule has 4 heteroatoms. The molecule has 0 saturated heterocycles. The molecule has 0 bridgehead atoms. The quantitative estimate of drug-likeness (QED) is 0.822. The van der Waals surface area contributed by atoms with Crippen molar-refractivity contribution in [1.82, 2.24) is 5.32 Å². The standard InChI is InChI=1S/C14H21ClFNO/c1-4-17-12(9-18-10(2)3)7-11-5-6-14(16)13(15)8-11/h5-6,8,10,12,17H,4,7,9H2,1-3H3. The van der Waals surface area contributed by atoms with Gasteiger partial charge in [-0.2, -0.15) is 0 Å². The maximum atomic E-state index is 13.1. The second-order valence-corrected chi connectivity index (χ2v) is 5.00. The van der Waals surface area contributed by atoms with Crippen LogP contribution >= 0.6 is 11.6 Å². The van der Waals surface area contributed by atoms with Crippen molar-refractivity contribution in [2.45, 2.75) is 39.3 Å². The zero-order chi connectivity index (χ0) is 13.5. The Hall–Kier alpha value is -0.640. The van der Waals surface area contributed by atoms with E-state index in [0.29, 0.717) is 6.61 Å². The van der Waals surface area contributed by atoms with Gasteiger partial charge in [0.1, 0.15) is 5.82 Å². The lowest BCUT2D eigenvalue weighted by Crippen LogP contribution is -2.36. The molecule has 0 aliphatic carbocycles. The summed E-state index contributed by atoms with van der Waals surface area (Å²) in [6.07, 6.45) is 0.989. The van der Waals surface area contributed by atoms with E-state index in [2.05, 4.69) is 12.2 Å². The number of benzene rings is 1. The van der Waals surface area contributed by atoms with Crippen molar-refractivity contribution in [2.75, 3.05) is 13.2 Å². The van der Waals surface area contributed by atoms with Gasteiger partial charge in [-0.15, -0.1) is 0 Å². The highest BCUT2D eigenvalue weighted by atomic mass is 35.5. The van der Waals surface area contributed by atoms with Crippen LogP contribution in [0.5, 0.6) is 0 Å². The summed E-state index contributed by atoms with van der Waals surface area (Å²) in [4.78, 5) is 0. The Kier molecular flexibility index (Phi) is 6.61. The molecule has 0 aliphatic rings. The zero-order valence-corrected chi connectivity index (χ0v) is 11.9. The number of ether oxygens (including phenoxy) is 1. The summed E-state index contributed by atoms with van der Waals surface area (Å²) < 4.78 is 18.7. The lowest BCUT2D eigenvalue weighted by Gasteiger charge is -2.19. The van der Waals surface area contributed by atoms with Gasteiger partial charge in [-0.1, -0.05) is 24.6 Å². The molecule has 0 heterocycles. The van der Waals surface area contributed by atoms with Crippen molar-refractivity contribution in [3.8, 4) is 0 Å². The van der Waals surface area contributed by atoms with E-state index in [9.17, 15) is 4.39 Å². The van der Waals surface area contributed by atoms with E-state index >= 15 is 0 Å². The minimum atomic E-state index is -0.376. The maximum absolute atomic E-state index is 13.1. The van der Waals surface area contributed by atoms with E-state index in [1.165, 1.54) is 6.07 Å². The predicted molar refractivity (Wildman–Crippen MR) is 73.7 cm³/mol. The van der Waals surface area contributed by atoms with Crippen LogP contribution in [-0.2, 0) is 11.2 Å². The van der Waals surface area contributed by atoms with Gasteiger partial charge in [0.15, 0.2) is 0 Å². The molecular formula is C14H21ClFNO. The third kappa shape index (κ3) is 5.34. The molecule has 0 aromatic heterocycles. The molecule has 0 saturated carbocycles. The van der Waals surface area contributed by atoms with Crippen molar-refractivity contribution < 1.29 is 9.13 Å². The molecule has 0 fully saturated rings. The number of nitrogens with one attached hydrogen (secondary N) is 1. The molecule has 0 spiro atoms. The first-order valence-electron chi connectivity index (χ1n) is 6.31. The summed E-state index contributed by atoms with van der Waals surface area (Å²) in [5, 5.41) is 3.53. The highest BCUT2D eigenvalue weighted by Crippen LogP contribution is 2.17. The average molecular weight is 274 g/mol. The van der Waals surface area contributed by atoms with E-state index in [1.54, 1.807) is 12.1 Å². The third-order valence-corrected chi connectivity index (χ3v) is 2.88. The molecule has 0 amide bonds. The highest BCUT2D eigenvalue weighted by Gasteiger charge is 2.11. The van der Waals surface area contributed by atoms with Crippen LogP contribution < -0.4 is 5.32 Å².